The molecule has 0 aliphatic rings. The minimum atomic E-state index is -0.978. The summed E-state index contributed by atoms with van der Waals surface area (Å²) in [6.07, 6.45) is -0.978. The fraction of sp³-hybridized carbons (Fsp3) is 0. The smallest absolute Gasteiger partial charge is 0.396 e. The number of nitrogen functional groups attached to an aromatic ring is 2. The van der Waals surface area contributed by atoms with E-state index in [4.69, 9.17) is 17.2 Å². The zero-order chi connectivity index (χ0) is 11.7. The fourth-order valence-electron chi connectivity index (χ4n) is 1.40. The van der Waals surface area contributed by atoms with E-state index in [1.807, 2.05) is 6.07 Å². The van der Waals surface area contributed by atoms with E-state index in [0.717, 1.165) is 0 Å². The molecule has 82 valence electrons. The van der Waals surface area contributed by atoms with E-state index in [9.17, 15) is 4.79 Å². The average Bonchev–Trinajstić information content (AvgIpc) is 2.25. The molecule has 0 atom stereocenters. The van der Waals surface area contributed by atoms with Gasteiger partial charge in [-0.15, -0.1) is 0 Å². The Hall–Kier alpha value is -2.50. The number of amides is 1. The first-order chi connectivity index (χ1) is 7.59. The molecule has 2 aromatic rings. The summed E-state index contributed by atoms with van der Waals surface area (Å²) in [6, 6.07) is 7.12. The normalized spacial score (nSPS) is 10.2. The van der Waals surface area contributed by atoms with E-state index in [-0.39, 0.29) is 11.6 Å². The van der Waals surface area contributed by atoms with Crippen LogP contribution < -0.4 is 21.9 Å². The van der Waals surface area contributed by atoms with Gasteiger partial charge in [-0.25, -0.2) is 9.78 Å². The van der Waals surface area contributed by atoms with Crippen LogP contribution in [0.2, 0.25) is 0 Å². The number of nitrogens with two attached hydrogens (primary N) is 3. The zero-order valence-electron chi connectivity index (χ0n) is 8.31. The molecule has 0 aliphatic heterocycles. The van der Waals surface area contributed by atoms with Gasteiger partial charge in [-0.3, -0.25) is 0 Å². The Morgan fingerprint density at radius 3 is 2.56 bits per heavy atom. The summed E-state index contributed by atoms with van der Waals surface area (Å²) in [7, 11) is 0. The molecule has 0 fully saturated rings. The number of carbonyl (C=O) groups is 1. The quantitative estimate of drug-likeness (QED) is 0.656. The van der Waals surface area contributed by atoms with E-state index in [2.05, 4.69) is 9.72 Å². The highest BCUT2D eigenvalue weighted by Gasteiger charge is 2.12. The third-order valence-corrected chi connectivity index (χ3v) is 2.13. The Kier molecular flexibility index (Phi) is 2.24. The number of para-hydroxylation sites is 1. The van der Waals surface area contributed by atoms with E-state index in [1.54, 1.807) is 18.2 Å². The van der Waals surface area contributed by atoms with Crippen molar-refractivity contribution in [2.75, 3.05) is 11.5 Å². The second-order valence-corrected chi connectivity index (χ2v) is 3.18. The number of nitrogens with zero attached hydrogens (tertiary/aromatic N) is 1. The van der Waals surface area contributed by atoms with Crippen LogP contribution in [0, 0.1) is 0 Å². The molecule has 0 saturated carbocycles. The molecule has 1 aromatic heterocycles. The predicted molar refractivity (Wildman–Crippen MR) is 60.8 cm³/mol. The molecule has 16 heavy (non-hydrogen) atoms. The maximum Gasteiger partial charge on any atom is 0.411 e. The number of hydrogen-bond acceptors (Lipinski definition) is 5. The van der Waals surface area contributed by atoms with Crippen molar-refractivity contribution in [3.63, 3.8) is 0 Å². The first-order valence-corrected chi connectivity index (χ1v) is 4.50. The second-order valence-electron chi connectivity index (χ2n) is 3.18. The van der Waals surface area contributed by atoms with Crippen molar-refractivity contribution >= 4 is 28.4 Å². The van der Waals surface area contributed by atoms with Crippen molar-refractivity contribution in [3.05, 3.63) is 24.3 Å². The second kappa shape index (κ2) is 3.58. The number of benzene rings is 1. The van der Waals surface area contributed by atoms with Crippen molar-refractivity contribution in [3.8, 4) is 5.88 Å². The molecule has 0 unspecified atom stereocenters. The van der Waals surface area contributed by atoms with Crippen molar-refractivity contribution in [2.45, 2.75) is 0 Å². The monoisotopic (exact) mass is 218 g/mol. The molecule has 1 aromatic carbocycles. The fourth-order valence-corrected chi connectivity index (χ4v) is 1.40. The van der Waals surface area contributed by atoms with Gasteiger partial charge in [0.25, 0.3) is 5.88 Å². The lowest BCUT2D eigenvalue weighted by Crippen LogP contribution is -2.18. The number of pyridine rings is 1. The Bertz CT molecular complexity index is 568. The van der Waals surface area contributed by atoms with E-state index in [0.29, 0.717) is 16.6 Å². The number of aromatic nitrogens is 1. The van der Waals surface area contributed by atoms with Gasteiger partial charge in [0, 0.05) is 5.39 Å². The minimum absolute atomic E-state index is 0.0660. The molecule has 6 nitrogen and oxygen atoms in total. The lowest BCUT2D eigenvalue weighted by Gasteiger charge is -2.09. The van der Waals surface area contributed by atoms with Gasteiger partial charge in [0.05, 0.1) is 11.2 Å². The topological polar surface area (TPSA) is 117 Å². The van der Waals surface area contributed by atoms with Crippen LogP contribution in [0.5, 0.6) is 5.88 Å². The summed E-state index contributed by atoms with van der Waals surface area (Å²) in [5.74, 6) is -0.0660. The van der Waals surface area contributed by atoms with Gasteiger partial charge in [0.15, 0.2) is 0 Å². The number of fused-ring (bicyclic) bond motifs is 1. The lowest BCUT2D eigenvalue weighted by atomic mass is 10.1. The van der Waals surface area contributed by atoms with Crippen molar-refractivity contribution in [1.29, 1.82) is 0 Å². The molecule has 1 amide bonds. The molecule has 6 heteroatoms. The Labute approximate surface area is 91.0 Å². The lowest BCUT2D eigenvalue weighted by molar-refractivity contribution is 0.209. The van der Waals surface area contributed by atoms with Crippen LogP contribution in [-0.2, 0) is 0 Å². The van der Waals surface area contributed by atoms with E-state index < -0.39 is 6.09 Å². The van der Waals surface area contributed by atoms with Gasteiger partial charge in [0.2, 0.25) is 0 Å². The van der Waals surface area contributed by atoms with Crippen LogP contribution in [-0.4, -0.2) is 11.1 Å². The molecule has 6 N–H and O–H groups in total. The number of anilines is 2. The van der Waals surface area contributed by atoms with Crippen molar-refractivity contribution in [1.82, 2.24) is 4.98 Å². The maximum atomic E-state index is 10.6. The van der Waals surface area contributed by atoms with Gasteiger partial charge in [0.1, 0.15) is 5.69 Å². The van der Waals surface area contributed by atoms with Crippen molar-refractivity contribution < 1.29 is 9.53 Å². The summed E-state index contributed by atoms with van der Waals surface area (Å²) in [6.45, 7) is 0. The van der Waals surface area contributed by atoms with Gasteiger partial charge in [-0.1, -0.05) is 18.2 Å². The number of ether oxygens (including phenoxy) is 1. The first-order valence-electron chi connectivity index (χ1n) is 4.50. The molecule has 0 radical (unpaired) electrons. The van der Waals surface area contributed by atoms with Crippen LogP contribution in [0.3, 0.4) is 0 Å². The van der Waals surface area contributed by atoms with Gasteiger partial charge >= 0.3 is 6.09 Å². The van der Waals surface area contributed by atoms with Crippen LogP contribution in [0.15, 0.2) is 24.3 Å². The van der Waals surface area contributed by atoms with Gasteiger partial charge in [-0.2, -0.15) is 0 Å². The molecule has 1 heterocycles. The van der Waals surface area contributed by atoms with Crippen molar-refractivity contribution in [2.24, 2.45) is 5.73 Å². The average molecular weight is 218 g/mol. The minimum Gasteiger partial charge on any atom is -0.396 e. The molecular formula is C10H10N4O2. The first kappa shape index (κ1) is 10.0. The number of rotatable bonds is 1. The Morgan fingerprint density at radius 1 is 1.19 bits per heavy atom. The number of primary amides is 1. The zero-order valence-corrected chi connectivity index (χ0v) is 8.31. The SMILES string of the molecule is NC(=O)Oc1nc2ccccc2c(N)c1N. The summed E-state index contributed by atoms with van der Waals surface area (Å²) >= 11 is 0. The van der Waals surface area contributed by atoms with Crippen LogP contribution in [0.1, 0.15) is 0 Å². The third-order valence-electron chi connectivity index (χ3n) is 2.13. The highest BCUT2D eigenvalue weighted by Crippen LogP contribution is 2.32. The van der Waals surface area contributed by atoms with Crippen LogP contribution in [0.25, 0.3) is 10.9 Å². The third kappa shape index (κ3) is 1.56. The highest BCUT2D eigenvalue weighted by molar-refractivity contribution is 5.98. The molecule has 2 rings (SSSR count). The summed E-state index contributed by atoms with van der Waals surface area (Å²) in [5.41, 5.74) is 17.4. The number of carbonyl (C=O) groups excluding carboxylic acids is 1. The largest absolute Gasteiger partial charge is 0.411 e. The molecular weight excluding hydrogens is 208 g/mol. The molecule has 0 spiro atoms. The molecule has 0 bridgehead atoms. The number of hydrogen-bond donors (Lipinski definition) is 3. The van der Waals surface area contributed by atoms with Gasteiger partial charge < -0.3 is 21.9 Å². The summed E-state index contributed by atoms with van der Waals surface area (Å²) < 4.78 is 4.66. The highest BCUT2D eigenvalue weighted by atomic mass is 16.6. The summed E-state index contributed by atoms with van der Waals surface area (Å²) in [4.78, 5) is 14.7. The molecule has 0 aliphatic carbocycles. The maximum absolute atomic E-state index is 10.6. The van der Waals surface area contributed by atoms with Crippen LogP contribution in [0.4, 0.5) is 16.2 Å². The Morgan fingerprint density at radius 2 is 1.88 bits per heavy atom. The standard InChI is InChI=1S/C10H10N4O2/c11-7-5-3-1-2-4-6(5)14-9(8(7)12)16-10(13)15/h1-4H,12H2,(H2,11,14)(H2,13,15). The van der Waals surface area contributed by atoms with E-state index >= 15 is 0 Å². The molecule has 0 saturated heterocycles. The van der Waals surface area contributed by atoms with E-state index in [1.165, 1.54) is 0 Å². The van der Waals surface area contributed by atoms with Crippen LogP contribution >= 0.6 is 0 Å². The van der Waals surface area contributed by atoms with Gasteiger partial charge in [-0.05, 0) is 6.07 Å². The predicted octanol–water partition coefficient (Wildman–Crippen LogP) is 0.857. The Balaban J connectivity index is 2.68. The summed E-state index contributed by atoms with van der Waals surface area (Å²) in [5, 5.41) is 0.705.